The van der Waals surface area contributed by atoms with Gasteiger partial charge in [-0.15, -0.1) is 0 Å². The van der Waals surface area contributed by atoms with Gasteiger partial charge in [0.15, 0.2) is 0 Å². The van der Waals surface area contributed by atoms with Gasteiger partial charge < -0.3 is 0 Å². The maximum Gasteiger partial charge on any atom is 0.0285 e. The highest BCUT2D eigenvalue weighted by Crippen LogP contribution is 2.32. The lowest BCUT2D eigenvalue weighted by Crippen LogP contribution is -1.90. The van der Waals surface area contributed by atoms with Gasteiger partial charge in [0.25, 0.3) is 0 Å². The number of fused-ring (bicyclic) bond motifs is 1. The Balaban J connectivity index is 2.57. The molecule has 0 fully saturated rings. The smallest absolute Gasteiger partial charge is 0.0285 e. The van der Waals surface area contributed by atoms with Crippen LogP contribution in [0.2, 0.25) is 0 Å². The summed E-state index contributed by atoms with van der Waals surface area (Å²) in [4.78, 5) is 0. The molecular formula is C10H10Br2. The minimum atomic E-state index is 0.989. The van der Waals surface area contributed by atoms with E-state index >= 15 is 0 Å². The third-order valence-electron chi connectivity index (χ3n) is 2.47. The van der Waals surface area contributed by atoms with E-state index in [0.717, 1.165) is 5.33 Å². The summed E-state index contributed by atoms with van der Waals surface area (Å²) in [7, 11) is 0. The van der Waals surface area contributed by atoms with Gasteiger partial charge in [0, 0.05) is 9.80 Å². The molecule has 0 heterocycles. The second-order valence-electron chi connectivity index (χ2n) is 3.15. The largest absolute Gasteiger partial charge is 0.0876 e. The highest BCUT2D eigenvalue weighted by Gasteiger charge is 2.16. The van der Waals surface area contributed by atoms with Crippen LogP contribution in [0.5, 0.6) is 0 Å². The van der Waals surface area contributed by atoms with Crippen LogP contribution in [-0.4, -0.2) is 0 Å². The fourth-order valence-electron chi connectivity index (χ4n) is 1.86. The van der Waals surface area contributed by atoms with Gasteiger partial charge in [-0.1, -0.05) is 37.9 Å². The first-order valence-corrected chi connectivity index (χ1v) is 6.09. The maximum absolute atomic E-state index is 3.60. The van der Waals surface area contributed by atoms with Crippen molar-refractivity contribution in [3.05, 3.63) is 33.3 Å². The SMILES string of the molecule is BrCc1ccc(Br)c2c1CCC2. The first-order chi connectivity index (χ1) is 5.83. The summed E-state index contributed by atoms with van der Waals surface area (Å²) in [5.41, 5.74) is 4.57. The van der Waals surface area contributed by atoms with Gasteiger partial charge in [-0.2, -0.15) is 0 Å². The monoisotopic (exact) mass is 288 g/mol. The minimum absolute atomic E-state index is 0.989. The van der Waals surface area contributed by atoms with Gasteiger partial charge in [-0.3, -0.25) is 0 Å². The molecule has 2 heteroatoms. The molecule has 0 amide bonds. The normalized spacial score (nSPS) is 14.8. The topological polar surface area (TPSA) is 0 Å². The van der Waals surface area contributed by atoms with E-state index in [1.54, 1.807) is 5.56 Å². The summed E-state index contributed by atoms with van der Waals surface area (Å²) in [6.07, 6.45) is 3.82. The van der Waals surface area contributed by atoms with Crippen molar-refractivity contribution >= 4 is 31.9 Å². The Morgan fingerprint density at radius 2 is 1.92 bits per heavy atom. The number of alkyl halides is 1. The standard InChI is InChI=1S/C10H10Br2/c11-6-7-4-5-10(12)9-3-1-2-8(7)9/h4-5H,1-3,6H2. The lowest BCUT2D eigenvalue weighted by molar-refractivity contribution is 0.908. The second-order valence-corrected chi connectivity index (χ2v) is 4.57. The van der Waals surface area contributed by atoms with E-state index in [-0.39, 0.29) is 0 Å². The van der Waals surface area contributed by atoms with Crippen LogP contribution < -0.4 is 0 Å². The predicted molar refractivity (Wildman–Crippen MR) is 58.8 cm³/mol. The lowest BCUT2D eigenvalue weighted by atomic mass is 10.1. The molecule has 0 aromatic heterocycles. The van der Waals surface area contributed by atoms with Crippen LogP contribution in [0, 0.1) is 0 Å². The van der Waals surface area contributed by atoms with Gasteiger partial charge in [0.1, 0.15) is 0 Å². The summed E-state index contributed by atoms with van der Waals surface area (Å²) in [6, 6.07) is 4.38. The van der Waals surface area contributed by atoms with Gasteiger partial charge in [-0.25, -0.2) is 0 Å². The highest BCUT2D eigenvalue weighted by molar-refractivity contribution is 9.10. The average molecular weight is 290 g/mol. The van der Waals surface area contributed by atoms with E-state index in [1.165, 1.54) is 34.9 Å². The zero-order valence-corrected chi connectivity index (χ0v) is 9.91. The van der Waals surface area contributed by atoms with Crippen molar-refractivity contribution in [1.82, 2.24) is 0 Å². The third-order valence-corrected chi connectivity index (χ3v) is 3.82. The summed E-state index contributed by atoms with van der Waals surface area (Å²) < 4.78 is 1.29. The Kier molecular flexibility index (Phi) is 2.56. The first kappa shape index (κ1) is 8.76. The molecule has 0 saturated heterocycles. The van der Waals surface area contributed by atoms with E-state index in [2.05, 4.69) is 44.0 Å². The quantitative estimate of drug-likeness (QED) is 0.689. The van der Waals surface area contributed by atoms with Crippen molar-refractivity contribution in [2.45, 2.75) is 24.6 Å². The Bertz CT molecular complexity index is 305. The van der Waals surface area contributed by atoms with Crippen LogP contribution >= 0.6 is 31.9 Å². The van der Waals surface area contributed by atoms with Crippen molar-refractivity contribution in [1.29, 1.82) is 0 Å². The Morgan fingerprint density at radius 3 is 2.67 bits per heavy atom. The molecule has 0 unspecified atom stereocenters. The Morgan fingerprint density at radius 1 is 1.17 bits per heavy atom. The number of rotatable bonds is 1. The molecule has 1 aliphatic carbocycles. The van der Waals surface area contributed by atoms with Crippen LogP contribution in [0.4, 0.5) is 0 Å². The number of benzene rings is 1. The van der Waals surface area contributed by atoms with Crippen LogP contribution in [0.3, 0.4) is 0 Å². The van der Waals surface area contributed by atoms with E-state index in [0.29, 0.717) is 0 Å². The molecule has 12 heavy (non-hydrogen) atoms. The van der Waals surface area contributed by atoms with Crippen molar-refractivity contribution < 1.29 is 0 Å². The first-order valence-electron chi connectivity index (χ1n) is 4.18. The van der Waals surface area contributed by atoms with Gasteiger partial charge >= 0.3 is 0 Å². The minimum Gasteiger partial charge on any atom is -0.0876 e. The van der Waals surface area contributed by atoms with Crippen molar-refractivity contribution in [2.24, 2.45) is 0 Å². The molecule has 0 saturated carbocycles. The molecule has 0 radical (unpaired) electrons. The molecule has 0 N–H and O–H groups in total. The molecule has 2 rings (SSSR count). The number of hydrogen-bond acceptors (Lipinski definition) is 0. The van der Waals surface area contributed by atoms with Crippen molar-refractivity contribution in [3.63, 3.8) is 0 Å². The zero-order valence-electron chi connectivity index (χ0n) is 6.74. The molecule has 1 aromatic carbocycles. The van der Waals surface area contributed by atoms with Gasteiger partial charge in [0.05, 0.1) is 0 Å². The van der Waals surface area contributed by atoms with Gasteiger partial charge in [-0.05, 0) is 42.0 Å². The Labute approximate surface area is 89.6 Å². The highest BCUT2D eigenvalue weighted by atomic mass is 79.9. The van der Waals surface area contributed by atoms with E-state index in [4.69, 9.17) is 0 Å². The Hall–Kier alpha value is 0.180. The van der Waals surface area contributed by atoms with E-state index in [9.17, 15) is 0 Å². The van der Waals surface area contributed by atoms with E-state index < -0.39 is 0 Å². The molecular weight excluding hydrogens is 280 g/mol. The third kappa shape index (κ3) is 1.35. The number of hydrogen-bond donors (Lipinski definition) is 0. The molecule has 0 spiro atoms. The second kappa shape index (κ2) is 3.51. The van der Waals surface area contributed by atoms with Gasteiger partial charge in [0.2, 0.25) is 0 Å². The fourth-order valence-corrected chi connectivity index (χ4v) is 2.96. The van der Waals surface area contributed by atoms with Crippen molar-refractivity contribution in [3.8, 4) is 0 Å². The molecule has 1 aliphatic rings. The van der Waals surface area contributed by atoms with Crippen LogP contribution in [0.25, 0.3) is 0 Å². The fraction of sp³-hybridized carbons (Fsp3) is 0.400. The zero-order chi connectivity index (χ0) is 8.55. The maximum atomic E-state index is 3.60. The van der Waals surface area contributed by atoms with Crippen LogP contribution in [0.1, 0.15) is 23.1 Å². The predicted octanol–water partition coefficient (Wildman–Crippen LogP) is 3.83. The summed E-state index contributed by atoms with van der Waals surface area (Å²) >= 11 is 7.12. The lowest BCUT2D eigenvalue weighted by Gasteiger charge is -2.06. The molecule has 64 valence electrons. The van der Waals surface area contributed by atoms with Crippen molar-refractivity contribution in [2.75, 3.05) is 0 Å². The molecule has 0 atom stereocenters. The van der Waals surface area contributed by atoms with E-state index in [1.807, 2.05) is 0 Å². The molecule has 0 bridgehead atoms. The average Bonchev–Trinajstić information content (AvgIpc) is 2.54. The van der Waals surface area contributed by atoms with Crippen LogP contribution in [0.15, 0.2) is 16.6 Å². The molecule has 0 nitrogen and oxygen atoms in total. The van der Waals surface area contributed by atoms with Crippen LogP contribution in [-0.2, 0) is 18.2 Å². The molecule has 0 aliphatic heterocycles. The summed E-state index contributed by atoms with van der Waals surface area (Å²) in [6.45, 7) is 0. The summed E-state index contributed by atoms with van der Waals surface area (Å²) in [5.74, 6) is 0. The number of halogens is 2. The molecule has 1 aromatic rings. The summed E-state index contributed by atoms with van der Waals surface area (Å²) in [5, 5.41) is 0.989.